The number of benzene rings is 2. The van der Waals surface area contributed by atoms with E-state index in [0.717, 1.165) is 17.2 Å². The van der Waals surface area contributed by atoms with Gasteiger partial charge in [-0.1, -0.05) is 29.8 Å². The molecule has 7 nitrogen and oxygen atoms in total. The second kappa shape index (κ2) is 9.18. The number of rotatable bonds is 5. The Morgan fingerprint density at radius 2 is 1.47 bits per heavy atom. The van der Waals surface area contributed by atoms with Crippen LogP contribution in [0.15, 0.2) is 54.6 Å². The number of Topliss-reactive ketones (excluding diaryl/α,β-unsaturated/α-hetero) is 1. The van der Waals surface area contributed by atoms with Crippen molar-refractivity contribution in [3.8, 4) is 0 Å². The van der Waals surface area contributed by atoms with Crippen molar-refractivity contribution in [2.24, 2.45) is 0 Å². The summed E-state index contributed by atoms with van der Waals surface area (Å²) >= 11 is 0. The number of nitrogens with zero attached hydrogens (tertiary/aromatic N) is 4. The zero-order valence-electron chi connectivity index (χ0n) is 18.6. The van der Waals surface area contributed by atoms with E-state index in [0.29, 0.717) is 43.3 Å². The molecule has 0 spiro atoms. The van der Waals surface area contributed by atoms with Crippen LogP contribution in [0.3, 0.4) is 0 Å². The van der Waals surface area contributed by atoms with Crippen LogP contribution in [-0.4, -0.2) is 52.7 Å². The Labute approximate surface area is 188 Å². The number of hydrogen-bond donors (Lipinski definition) is 1. The monoisotopic (exact) mass is 429 g/mol. The van der Waals surface area contributed by atoms with Crippen molar-refractivity contribution in [1.29, 1.82) is 0 Å². The predicted octanol–water partition coefficient (Wildman–Crippen LogP) is 4.00. The average Bonchev–Trinajstić information content (AvgIpc) is 2.80. The fraction of sp³-hybridized carbons (Fsp3) is 0.280. The number of ketones is 1. The normalized spacial score (nSPS) is 13.7. The van der Waals surface area contributed by atoms with E-state index in [-0.39, 0.29) is 11.7 Å². The van der Waals surface area contributed by atoms with Gasteiger partial charge in [0.25, 0.3) is 5.91 Å². The average molecular weight is 430 g/mol. The first kappa shape index (κ1) is 21.5. The molecule has 2 aromatic carbocycles. The Morgan fingerprint density at radius 1 is 0.844 bits per heavy atom. The third-order valence-corrected chi connectivity index (χ3v) is 5.58. The highest BCUT2D eigenvalue weighted by Crippen LogP contribution is 2.20. The van der Waals surface area contributed by atoms with Gasteiger partial charge in [-0.2, -0.15) is 4.98 Å². The number of anilines is 3. The quantitative estimate of drug-likeness (QED) is 0.618. The Bertz CT molecular complexity index is 1120. The number of amides is 1. The Kier molecular flexibility index (Phi) is 6.16. The number of piperazine rings is 1. The number of aryl methyl sites for hydroxylation is 2. The minimum absolute atomic E-state index is 0.00556. The van der Waals surface area contributed by atoms with Gasteiger partial charge < -0.3 is 15.1 Å². The molecule has 0 unspecified atom stereocenters. The van der Waals surface area contributed by atoms with Crippen molar-refractivity contribution in [2.45, 2.75) is 20.8 Å². The summed E-state index contributed by atoms with van der Waals surface area (Å²) in [6.07, 6.45) is 0. The van der Waals surface area contributed by atoms with E-state index in [2.05, 4.69) is 22.1 Å². The molecule has 1 aliphatic heterocycles. The molecule has 2 heterocycles. The van der Waals surface area contributed by atoms with Crippen LogP contribution >= 0.6 is 0 Å². The summed E-state index contributed by atoms with van der Waals surface area (Å²) < 4.78 is 0. The molecule has 1 N–H and O–H groups in total. The van der Waals surface area contributed by atoms with Crippen molar-refractivity contribution in [3.63, 3.8) is 0 Å². The first-order valence-electron chi connectivity index (χ1n) is 10.7. The van der Waals surface area contributed by atoms with E-state index in [9.17, 15) is 9.59 Å². The Balaban J connectivity index is 1.41. The van der Waals surface area contributed by atoms with Crippen LogP contribution in [-0.2, 0) is 0 Å². The van der Waals surface area contributed by atoms with Crippen LogP contribution in [0.2, 0.25) is 0 Å². The molecular weight excluding hydrogens is 402 g/mol. The highest BCUT2D eigenvalue weighted by molar-refractivity contribution is 5.97. The molecule has 1 aliphatic rings. The lowest BCUT2D eigenvalue weighted by molar-refractivity contribution is 0.0746. The number of hydrogen-bond acceptors (Lipinski definition) is 6. The van der Waals surface area contributed by atoms with Gasteiger partial charge in [0.05, 0.1) is 0 Å². The van der Waals surface area contributed by atoms with Crippen LogP contribution in [0, 0.1) is 13.8 Å². The van der Waals surface area contributed by atoms with Crippen molar-refractivity contribution in [3.05, 3.63) is 77.0 Å². The van der Waals surface area contributed by atoms with Crippen LogP contribution in [0.4, 0.5) is 17.5 Å². The maximum absolute atomic E-state index is 12.8. The summed E-state index contributed by atoms with van der Waals surface area (Å²) in [4.78, 5) is 37.5. The van der Waals surface area contributed by atoms with Gasteiger partial charge in [0.1, 0.15) is 5.82 Å². The van der Waals surface area contributed by atoms with Gasteiger partial charge >= 0.3 is 0 Å². The first-order valence-corrected chi connectivity index (χ1v) is 10.7. The smallest absolute Gasteiger partial charge is 0.253 e. The number of carbonyl (C=O) groups is 2. The molecule has 0 aliphatic carbocycles. The van der Waals surface area contributed by atoms with Crippen LogP contribution < -0.4 is 10.2 Å². The molecule has 7 heteroatoms. The van der Waals surface area contributed by atoms with Crippen molar-refractivity contribution >= 4 is 29.1 Å². The van der Waals surface area contributed by atoms with Gasteiger partial charge in [-0.05, 0) is 45.0 Å². The van der Waals surface area contributed by atoms with Gasteiger partial charge in [-0.3, -0.25) is 9.59 Å². The summed E-state index contributed by atoms with van der Waals surface area (Å²) in [5.41, 5.74) is 4.24. The van der Waals surface area contributed by atoms with E-state index >= 15 is 0 Å². The Hall–Kier alpha value is -3.74. The minimum atomic E-state index is -0.0136. The Morgan fingerprint density at radius 3 is 2.09 bits per heavy atom. The molecule has 0 bridgehead atoms. The lowest BCUT2D eigenvalue weighted by atomic mass is 10.1. The standard InChI is InChI=1S/C25H27N5O2/c1-17-4-10-22(11-5-17)27-25-26-18(2)16-23(28-25)29-12-14-30(15-13-29)24(32)21-8-6-20(7-9-21)19(3)31/h4-11,16H,12-15H2,1-3H3,(H,26,27,28). The molecule has 4 rings (SSSR count). The molecule has 0 saturated carbocycles. The lowest BCUT2D eigenvalue weighted by Gasteiger charge is -2.35. The second-order valence-corrected chi connectivity index (χ2v) is 8.09. The molecule has 32 heavy (non-hydrogen) atoms. The molecule has 1 aromatic heterocycles. The fourth-order valence-electron chi connectivity index (χ4n) is 3.70. The predicted molar refractivity (Wildman–Crippen MR) is 126 cm³/mol. The molecule has 0 radical (unpaired) electrons. The largest absolute Gasteiger partial charge is 0.353 e. The third-order valence-electron chi connectivity index (χ3n) is 5.58. The summed E-state index contributed by atoms with van der Waals surface area (Å²) in [6.45, 7) is 8.13. The summed E-state index contributed by atoms with van der Waals surface area (Å²) in [5.74, 6) is 1.40. The minimum Gasteiger partial charge on any atom is -0.353 e. The fourth-order valence-corrected chi connectivity index (χ4v) is 3.70. The van der Waals surface area contributed by atoms with Gasteiger partial charge in [-0.25, -0.2) is 4.98 Å². The lowest BCUT2D eigenvalue weighted by Crippen LogP contribution is -2.49. The van der Waals surface area contributed by atoms with Crippen LogP contribution in [0.1, 0.15) is 38.9 Å². The van der Waals surface area contributed by atoms with Gasteiger partial charge in [0, 0.05) is 54.8 Å². The molecule has 1 fully saturated rings. The van der Waals surface area contributed by atoms with Gasteiger partial charge in [-0.15, -0.1) is 0 Å². The number of nitrogens with one attached hydrogen (secondary N) is 1. The maximum atomic E-state index is 12.8. The van der Waals surface area contributed by atoms with Crippen molar-refractivity contribution < 1.29 is 9.59 Å². The maximum Gasteiger partial charge on any atom is 0.253 e. The van der Waals surface area contributed by atoms with E-state index in [1.165, 1.54) is 12.5 Å². The zero-order valence-corrected chi connectivity index (χ0v) is 18.6. The van der Waals surface area contributed by atoms with E-state index < -0.39 is 0 Å². The first-order chi connectivity index (χ1) is 15.4. The van der Waals surface area contributed by atoms with E-state index in [1.54, 1.807) is 24.3 Å². The molecule has 164 valence electrons. The summed E-state index contributed by atoms with van der Waals surface area (Å²) in [7, 11) is 0. The SMILES string of the molecule is CC(=O)c1ccc(C(=O)N2CCN(c3cc(C)nc(Nc4ccc(C)cc4)n3)CC2)cc1. The topological polar surface area (TPSA) is 78.4 Å². The molecule has 1 amide bonds. The number of aromatic nitrogens is 2. The third kappa shape index (κ3) is 4.94. The van der Waals surface area contributed by atoms with Crippen molar-refractivity contribution in [1.82, 2.24) is 14.9 Å². The highest BCUT2D eigenvalue weighted by atomic mass is 16.2. The van der Waals surface area contributed by atoms with Crippen molar-refractivity contribution in [2.75, 3.05) is 36.4 Å². The molecule has 3 aromatic rings. The summed E-state index contributed by atoms with van der Waals surface area (Å²) in [6, 6.07) is 16.9. The molecular formula is C25H27N5O2. The highest BCUT2D eigenvalue weighted by Gasteiger charge is 2.23. The molecule has 1 saturated heterocycles. The second-order valence-electron chi connectivity index (χ2n) is 8.09. The van der Waals surface area contributed by atoms with E-state index in [1.807, 2.05) is 42.2 Å². The van der Waals surface area contributed by atoms with Crippen LogP contribution in [0.25, 0.3) is 0 Å². The summed E-state index contributed by atoms with van der Waals surface area (Å²) in [5, 5.41) is 3.27. The van der Waals surface area contributed by atoms with Crippen LogP contribution in [0.5, 0.6) is 0 Å². The van der Waals surface area contributed by atoms with Gasteiger partial charge in [0.15, 0.2) is 5.78 Å². The van der Waals surface area contributed by atoms with E-state index in [4.69, 9.17) is 4.98 Å². The molecule has 0 atom stereocenters. The number of carbonyl (C=O) groups excluding carboxylic acids is 2. The van der Waals surface area contributed by atoms with Gasteiger partial charge in [0.2, 0.25) is 5.95 Å². The zero-order chi connectivity index (χ0) is 22.7.